The Bertz CT molecular complexity index is 1230. The molecule has 8 nitrogen and oxygen atoms in total. The van der Waals surface area contributed by atoms with Crippen molar-refractivity contribution in [1.82, 2.24) is 10.2 Å². The second-order valence-corrected chi connectivity index (χ2v) is 6.21. The van der Waals surface area contributed by atoms with Gasteiger partial charge in [0.05, 0.1) is 22.4 Å². The molecule has 3 aromatic rings. The average molecular weight is 427 g/mol. The zero-order valence-corrected chi connectivity index (χ0v) is 15.5. The largest absolute Gasteiger partial charge is 0.416 e. The summed E-state index contributed by atoms with van der Waals surface area (Å²) in [6.07, 6.45) is -2.09. The van der Waals surface area contributed by atoms with Crippen molar-refractivity contribution in [3.05, 3.63) is 81.5 Å². The Morgan fingerprint density at radius 1 is 1.23 bits per heavy atom. The Kier molecular flexibility index (Phi) is 5.83. The lowest BCUT2D eigenvalue weighted by Crippen LogP contribution is -2.14. The molecule has 0 radical (unpaired) electrons. The van der Waals surface area contributed by atoms with E-state index < -0.39 is 28.1 Å². The number of aromatic amines is 1. The number of nitro groups is 1. The second kappa shape index (κ2) is 8.50. The molecule has 0 aliphatic heterocycles. The topological polar surface area (TPSA) is 125 Å². The van der Waals surface area contributed by atoms with Crippen LogP contribution in [-0.4, -0.2) is 21.0 Å². The summed E-state index contributed by atoms with van der Waals surface area (Å²) in [7, 11) is 0. The number of rotatable bonds is 5. The van der Waals surface area contributed by atoms with Crippen LogP contribution in [0.15, 0.2) is 60.3 Å². The zero-order valence-electron chi connectivity index (χ0n) is 15.5. The Hall–Kier alpha value is -4.46. The third-order valence-electron chi connectivity index (χ3n) is 4.13. The van der Waals surface area contributed by atoms with E-state index in [1.807, 2.05) is 0 Å². The monoisotopic (exact) mass is 427 g/mol. The molecular formula is C20H12F3N5O3. The van der Waals surface area contributed by atoms with Gasteiger partial charge in [0.15, 0.2) is 0 Å². The molecular weight excluding hydrogens is 415 g/mol. The van der Waals surface area contributed by atoms with Crippen molar-refractivity contribution in [2.75, 3.05) is 5.32 Å². The molecule has 0 atom stereocenters. The van der Waals surface area contributed by atoms with E-state index in [9.17, 15) is 33.3 Å². The van der Waals surface area contributed by atoms with Gasteiger partial charge in [0.1, 0.15) is 11.6 Å². The summed E-state index contributed by atoms with van der Waals surface area (Å²) >= 11 is 0. The van der Waals surface area contributed by atoms with E-state index in [2.05, 4.69) is 15.5 Å². The van der Waals surface area contributed by atoms with Gasteiger partial charge in [-0.15, -0.1) is 0 Å². The first-order valence-corrected chi connectivity index (χ1v) is 8.57. The highest BCUT2D eigenvalue weighted by Gasteiger charge is 2.30. The lowest BCUT2D eigenvalue weighted by atomic mass is 10.1. The lowest BCUT2D eigenvalue weighted by molar-refractivity contribution is -0.384. The van der Waals surface area contributed by atoms with E-state index in [0.717, 1.165) is 18.2 Å². The maximum absolute atomic E-state index is 12.8. The molecule has 156 valence electrons. The van der Waals surface area contributed by atoms with Crippen molar-refractivity contribution >= 4 is 23.4 Å². The molecule has 0 aliphatic carbocycles. The van der Waals surface area contributed by atoms with E-state index in [1.165, 1.54) is 36.5 Å². The van der Waals surface area contributed by atoms with Crippen LogP contribution in [0, 0.1) is 21.4 Å². The van der Waals surface area contributed by atoms with Gasteiger partial charge in [0.2, 0.25) is 0 Å². The van der Waals surface area contributed by atoms with Gasteiger partial charge in [0.25, 0.3) is 11.6 Å². The Balaban J connectivity index is 1.89. The third kappa shape index (κ3) is 4.94. The van der Waals surface area contributed by atoms with Crippen molar-refractivity contribution in [3.63, 3.8) is 0 Å². The van der Waals surface area contributed by atoms with Crippen LogP contribution in [0.2, 0.25) is 0 Å². The van der Waals surface area contributed by atoms with Crippen LogP contribution in [0.5, 0.6) is 0 Å². The van der Waals surface area contributed by atoms with Gasteiger partial charge in [-0.2, -0.15) is 23.5 Å². The molecule has 0 spiro atoms. The Morgan fingerprint density at radius 3 is 2.65 bits per heavy atom. The van der Waals surface area contributed by atoms with Crippen LogP contribution in [0.3, 0.4) is 0 Å². The fraction of sp³-hybridized carbons (Fsp3) is 0.0500. The Morgan fingerprint density at radius 2 is 1.97 bits per heavy atom. The van der Waals surface area contributed by atoms with Crippen LogP contribution in [0.25, 0.3) is 17.3 Å². The molecule has 11 heteroatoms. The van der Waals surface area contributed by atoms with Crippen molar-refractivity contribution < 1.29 is 22.9 Å². The highest BCUT2D eigenvalue weighted by atomic mass is 19.4. The number of benzene rings is 2. The second-order valence-electron chi connectivity index (χ2n) is 6.21. The number of nitriles is 1. The summed E-state index contributed by atoms with van der Waals surface area (Å²) in [5.41, 5.74) is -0.633. The van der Waals surface area contributed by atoms with Crippen molar-refractivity contribution in [3.8, 4) is 17.3 Å². The molecule has 0 saturated carbocycles. The summed E-state index contributed by atoms with van der Waals surface area (Å²) in [4.78, 5) is 22.8. The van der Waals surface area contributed by atoms with E-state index in [-0.39, 0.29) is 16.9 Å². The summed E-state index contributed by atoms with van der Waals surface area (Å²) in [5, 5.41) is 29.1. The molecule has 1 heterocycles. The lowest BCUT2D eigenvalue weighted by Gasteiger charge is -2.09. The van der Waals surface area contributed by atoms with Crippen molar-refractivity contribution in [2.45, 2.75) is 6.18 Å². The quantitative estimate of drug-likeness (QED) is 0.267. The molecule has 0 fully saturated rings. The number of hydrogen-bond acceptors (Lipinski definition) is 5. The smallest absolute Gasteiger partial charge is 0.321 e. The minimum absolute atomic E-state index is 0.132. The highest BCUT2D eigenvalue weighted by Crippen LogP contribution is 2.31. The predicted molar refractivity (Wildman–Crippen MR) is 104 cm³/mol. The number of carbonyl (C=O) groups is 1. The molecule has 0 bridgehead atoms. The fourth-order valence-corrected chi connectivity index (χ4v) is 2.69. The van der Waals surface area contributed by atoms with E-state index >= 15 is 0 Å². The van der Waals surface area contributed by atoms with E-state index in [4.69, 9.17) is 0 Å². The fourth-order valence-electron chi connectivity index (χ4n) is 2.69. The molecule has 0 unspecified atom stereocenters. The number of carbonyl (C=O) groups excluding carboxylic acids is 1. The van der Waals surface area contributed by atoms with Crippen LogP contribution in [-0.2, 0) is 11.0 Å². The molecule has 0 saturated heterocycles. The van der Waals surface area contributed by atoms with Crippen LogP contribution in [0.4, 0.5) is 24.5 Å². The number of nitro benzene ring substituents is 1. The molecule has 1 aromatic heterocycles. The van der Waals surface area contributed by atoms with Crippen molar-refractivity contribution in [2.24, 2.45) is 0 Å². The maximum atomic E-state index is 12.8. The highest BCUT2D eigenvalue weighted by molar-refractivity contribution is 6.10. The molecule has 0 aliphatic rings. The molecule has 2 aromatic carbocycles. The number of aromatic nitrogens is 2. The first-order chi connectivity index (χ1) is 14.7. The number of halogens is 3. The minimum Gasteiger partial charge on any atom is -0.321 e. The van der Waals surface area contributed by atoms with Crippen LogP contribution >= 0.6 is 0 Å². The zero-order chi connectivity index (χ0) is 22.6. The van der Waals surface area contributed by atoms with E-state index in [1.54, 1.807) is 12.1 Å². The summed E-state index contributed by atoms with van der Waals surface area (Å²) < 4.78 is 38.5. The summed E-state index contributed by atoms with van der Waals surface area (Å²) in [6, 6.07) is 11.3. The first kappa shape index (κ1) is 21.3. The number of non-ortho nitro benzene ring substituents is 1. The van der Waals surface area contributed by atoms with Gasteiger partial charge >= 0.3 is 6.18 Å². The molecule has 3 rings (SSSR count). The number of hydrogen-bond donors (Lipinski definition) is 2. The number of amides is 1. The molecule has 2 N–H and O–H groups in total. The summed E-state index contributed by atoms with van der Waals surface area (Å²) in [6.45, 7) is 0. The van der Waals surface area contributed by atoms with Gasteiger partial charge in [-0.1, -0.05) is 18.2 Å². The Labute approximate surface area is 172 Å². The van der Waals surface area contributed by atoms with Crippen LogP contribution in [0.1, 0.15) is 11.1 Å². The predicted octanol–water partition coefficient (Wildman–Crippen LogP) is 4.55. The number of H-pyrrole nitrogens is 1. The number of nitrogens with one attached hydrogen (secondary N) is 2. The average Bonchev–Trinajstić information content (AvgIpc) is 3.20. The standard InChI is InChI=1S/C20H12F3N5O3/c21-20(22,23)15-4-2-5-16(9-15)26-19(29)13(10-24)7-14-11-25-27-18(14)12-3-1-6-17(8-12)28(30)31/h1-9,11H,(H,25,27)(H,26,29)/b13-7+. The number of anilines is 1. The van der Waals surface area contributed by atoms with Gasteiger partial charge in [-0.25, -0.2) is 0 Å². The minimum atomic E-state index is -4.58. The number of nitrogens with zero attached hydrogens (tertiary/aromatic N) is 3. The van der Waals surface area contributed by atoms with Gasteiger partial charge in [0, 0.05) is 28.9 Å². The van der Waals surface area contributed by atoms with Crippen LogP contribution < -0.4 is 5.32 Å². The van der Waals surface area contributed by atoms with Gasteiger partial charge < -0.3 is 5.32 Å². The van der Waals surface area contributed by atoms with Crippen molar-refractivity contribution in [1.29, 1.82) is 5.26 Å². The van der Waals surface area contributed by atoms with Gasteiger partial charge in [-0.3, -0.25) is 20.0 Å². The summed E-state index contributed by atoms with van der Waals surface area (Å²) in [5.74, 6) is -0.923. The number of alkyl halides is 3. The third-order valence-corrected chi connectivity index (χ3v) is 4.13. The first-order valence-electron chi connectivity index (χ1n) is 8.57. The maximum Gasteiger partial charge on any atom is 0.416 e. The normalized spacial score (nSPS) is 11.6. The SMILES string of the molecule is N#C/C(=C\c1cn[nH]c1-c1cccc([N+](=O)[O-])c1)C(=O)Nc1cccc(C(F)(F)F)c1. The van der Waals surface area contributed by atoms with Gasteiger partial charge in [-0.05, 0) is 24.3 Å². The molecule has 31 heavy (non-hydrogen) atoms. The molecule has 1 amide bonds. The van der Waals surface area contributed by atoms with E-state index in [0.29, 0.717) is 11.3 Å².